The molecule has 0 aliphatic heterocycles. The molecule has 0 aromatic heterocycles. The minimum Gasteiger partial charge on any atom is -0.389 e. The van der Waals surface area contributed by atoms with Crippen molar-refractivity contribution in [3.63, 3.8) is 0 Å². The Balaban J connectivity index is 1.48. The maximum Gasteiger partial charge on any atom is 0.161 e. The van der Waals surface area contributed by atoms with E-state index in [9.17, 15) is 19.4 Å². The first-order valence-corrected chi connectivity index (χ1v) is 9.98. The quantitative estimate of drug-likeness (QED) is 0.831. The molecule has 0 aromatic carbocycles. The minimum atomic E-state index is -1.06. The van der Waals surface area contributed by atoms with E-state index in [4.69, 9.17) is 0 Å². The smallest absolute Gasteiger partial charge is 0.161 e. The number of hydrogen-bond donors (Lipinski definition) is 2. The number of carbonyl (C=O) groups is 1. The Morgan fingerprint density at radius 2 is 1.54 bits per heavy atom. The van der Waals surface area contributed by atoms with Crippen LogP contribution in [-0.4, -0.2) is 34.9 Å². The molecule has 4 fully saturated rings. The van der Waals surface area contributed by atoms with Gasteiger partial charge in [-0.05, 0) is 93.3 Å². The summed E-state index contributed by atoms with van der Waals surface area (Å²) in [6.45, 7) is -0.894. The van der Waals surface area contributed by atoms with E-state index in [1.807, 2.05) is 0 Å². The highest BCUT2D eigenvalue weighted by Gasteiger charge is 2.54. The summed E-state index contributed by atoms with van der Waals surface area (Å²) in [6, 6.07) is 0. The molecule has 0 radical (unpaired) electrons. The van der Waals surface area contributed by atoms with E-state index in [0.717, 1.165) is 43.9 Å². The van der Waals surface area contributed by atoms with E-state index in [2.05, 4.69) is 0 Å². The average molecular weight is 338 g/mol. The van der Waals surface area contributed by atoms with E-state index in [1.54, 1.807) is 0 Å². The van der Waals surface area contributed by atoms with Gasteiger partial charge in [0, 0.05) is 5.92 Å². The predicted octanol–water partition coefficient (Wildman–Crippen LogP) is 3.13. The van der Waals surface area contributed by atoms with Gasteiger partial charge in [0.05, 0.1) is 5.60 Å². The first kappa shape index (κ1) is 17.0. The molecular formula is C20H31FO3. The molecule has 2 N–H and O–H groups in total. The molecule has 0 bridgehead atoms. The molecule has 4 aliphatic rings. The Morgan fingerprint density at radius 3 is 2.29 bits per heavy atom. The Kier molecular flexibility index (Phi) is 4.49. The van der Waals surface area contributed by atoms with Crippen LogP contribution in [0.3, 0.4) is 0 Å². The fraction of sp³-hybridized carbons (Fsp3) is 0.950. The number of halogens is 1. The highest BCUT2D eigenvalue weighted by molar-refractivity contribution is 5.82. The predicted molar refractivity (Wildman–Crippen MR) is 89.0 cm³/mol. The van der Waals surface area contributed by atoms with E-state index < -0.39 is 12.3 Å². The van der Waals surface area contributed by atoms with E-state index in [-0.39, 0.29) is 18.3 Å². The Labute approximate surface area is 144 Å². The van der Waals surface area contributed by atoms with Crippen LogP contribution in [0.4, 0.5) is 4.39 Å². The van der Waals surface area contributed by atoms with Gasteiger partial charge in [0.2, 0.25) is 0 Å². The van der Waals surface area contributed by atoms with Crippen molar-refractivity contribution in [2.45, 2.75) is 63.4 Å². The number of hydrogen-bond acceptors (Lipinski definition) is 3. The molecule has 8 atom stereocenters. The van der Waals surface area contributed by atoms with Gasteiger partial charge in [-0.1, -0.05) is 0 Å². The van der Waals surface area contributed by atoms with Crippen LogP contribution in [0.2, 0.25) is 0 Å². The summed E-state index contributed by atoms with van der Waals surface area (Å²) in [7, 11) is 0. The summed E-state index contributed by atoms with van der Waals surface area (Å²) in [5.41, 5.74) is -1.06. The van der Waals surface area contributed by atoms with Crippen molar-refractivity contribution in [1.82, 2.24) is 0 Å². The number of rotatable bonds is 3. The summed E-state index contributed by atoms with van der Waals surface area (Å²) in [5, 5.41) is 19.6. The van der Waals surface area contributed by atoms with Gasteiger partial charge in [0.15, 0.2) is 5.78 Å². The molecule has 0 saturated heterocycles. The van der Waals surface area contributed by atoms with E-state index in [1.165, 1.54) is 12.8 Å². The maximum atomic E-state index is 13.2. The summed E-state index contributed by atoms with van der Waals surface area (Å²) >= 11 is 0. The van der Waals surface area contributed by atoms with Crippen LogP contribution in [0.25, 0.3) is 0 Å². The SMILES string of the molecule is O=C(CO)[C@H]1CC[C@H]2[C@@H]3CC[C@@H]4C[C@](O)(CF)CC[C@@H]4[C@H]3CC[C@@H]21. The number of aliphatic hydroxyl groups is 2. The zero-order valence-electron chi connectivity index (χ0n) is 14.5. The van der Waals surface area contributed by atoms with Gasteiger partial charge in [-0.15, -0.1) is 0 Å². The Bertz CT molecular complexity index is 495. The van der Waals surface area contributed by atoms with Crippen molar-refractivity contribution in [2.75, 3.05) is 13.3 Å². The summed E-state index contributed by atoms with van der Waals surface area (Å²) < 4.78 is 13.2. The van der Waals surface area contributed by atoms with Crippen LogP contribution >= 0.6 is 0 Å². The molecule has 4 rings (SSSR count). The number of Topliss-reactive ketones (excluding diaryl/α,β-unsaturated/α-hetero) is 1. The number of ketones is 1. The highest BCUT2D eigenvalue weighted by Crippen LogP contribution is 2.59. The van der Waals surface area contributed by atoms with E-state index >= 15 is 0 Å². The second-order valence-electron chi connectivity index (χ2n) is 9.14. The van der Waals surface area contributed by atoms with Gasteiger partial charge in [-0.2, -0.15) is 0 Å². The van der Waals surface area contributed by atoms with E-state index in [0.29, 0.717) is 36.5 Å². The molecule has 4 aliphatic carbocycles. The Morgan fingerprint density at radius 1 is 0.917 bits per heavy atom. The fourth-order valence-corrected chi connectivity index (χ4v) is 7.26. The molecule has 0 unspecified atom stereocenters. The summed E-state index contributed by atoms with van der Waals surface area (Å²) in [5.74, 6) is 3.90. The third-order valence-corrected chi connectivity index (χ3v) is 8.24. The van der Waals surface area contributed by atoms with Gasteiger partial charge in [0.25, 0.3) is 0 Å². The minimum absolute atomic E-state index is 0.0558. The van der Waals surface area contributed by atoms with Gasteiger partial charge in [0.1, 0.15) is 13.3 Å². The lowest BCUT2D eigenvalue weighted by molar-refractivity contribution is -0.129. The second-order valence-corrected chi connectivity index (χ2v) is 9.14. The van der Waals surface area contributed by atoms with Crippen LogP contribution in [-0.2, 0) is 4.79 Å². The van der Waals surface area contributed by atoms with Gasteiger partial charge >= 0.3 is 0 Å². The first-order valence-electron chi connectivity index (χ1n) is 9.98. The lowest BCUT2D eigenvalue weighted by Gasteiger charge is -2.54. The van der Waals surface area contributed by atoms with Gasteiger partial charge in [-0.3, -0.25) is 4.79 Å². The summed E-state index contributed by atoms with van der Waals surface area (Å²) in [6.07, 6.45) is 8.98. The number of carbonyl (C=O) groups excluding carboxylic acids is 1. The molecule has 0 heterocycles. The third-order valence-electron chi connectivity index (χ3n) is 8.24. The zero-order valence-corrected chi connectivity index (χ0v) is 14.5. The molecule has 136 valence electrons. The number of aliphatic hydroxyl groups excluding tert-OH is 1. The molecule has 0 spiro atoms. The normalized spacial score (nSPS) is 50.7. The van der Waals surface area contributed by atoms with Crippen molar-refractivity contribution in [3.8, 4) is 0 Å². The lowest BCUT2D eigenvalue weighted by Crippen LogP contribution is -2.49. The lowest BCUT2D eigenvalue weighted by atomic mass is 9.52. The standard InChI is InChI=1S/C20H31FO3/c21-11-20(24)8-7-13-12(9-20)1-2-15-14(13)3-4-17-16(15)5-6-18(17)19(23)10-22/h12-18,22,24H,1-11H2/t12-,13+,14-,15-,16+,17+,18+,20+/m1/s1. The van der Waals surface area contributed by atoms with Crippen molar-refractivity contribution in [2.24, 2.45) is 41.4 Å². The van der Waals surface area contributed by atoms with Crippen LogP contribution in [0.15, 0.2) is 0 Å². The molecule has 3 nitrogen and oxygen atoms in total. The maximum absolute atomic E-state index is 13.2. The van der Waals surface area contributed by atoms with Crippen LogP contribution in [0.1, 0.15) is 57.8 Å². The Hall–Kier alpha value is -0.480. The van der Waals surface area contributed by atoms with Crippen molar-refractivity contribution < 1.29 is 19.4 Å². The zero-order chi connectivity index (χ0) is 16.9. The van der Waals surface area contributed by atoms with Crippen LogP contribution in [0, 0.1) is 41.4 Å². The van der Waals surface area contributed by atoms with Crippen molar-refractivity contribution in [1.29, 1.82) is 0 Å². The summed E-state index contributed by atoms with van der Waals surface area (Å²) in [4.78, 5) is 12.0. The average Bonchev–Trinajstić information content (AvgIpc) is 3.04. The molecule has 0 amide bonds. The van der Waals surface area contributed by atoms with Gasteiger partial charge < -0.3 is 10.2 Å². The van der Waals surface area contributed by atoms with Crippen molar-refractivity contribution >= 4 is 5.78 Å². The topological polar surface area (TPSA) is 57.5 Å². The van der Waals surface area contributed by atoms with Crippen LogP contribution in [0.5, 0.6) is 0 Å². The second kappa shape index (κ2) is 6.35. The number of alkyl halides is 1. The fourth-order valence-electron chi connectivity index (χ4n) is 7.26. The van der Waals surface area contributed by atoms with Crippen LogP contribution < -0.4 is 0 Å². The first-order chi connectivity index (χ1) is 11.6. The highest BCUT2D eigenvalue weighted by atomic mass is 19.1. The molecule has 24 heavy (non-hydrogen) atoms. The monoisotopic (exact) mass is 338 g/mol. The molecule has 4 heteroatoms. The molecular weight excluding hydrogens is 307 g/mol. The number of fused-ring (bicyclic) bond motifs is 5. The molecule has 4 saturated carbocycles. The molecule has 0 aromatic rings. The largest absolute Gasteiger partial charge is 0.389 e. The van der Waals surface area contributed by atoms with Gasteiger partial charge in [-0.25, -0.2) is 4.39 Å². The van der Waals surface area contributed by atoms with Crippen molar-refractivity contribution in [3.05, 3.63) is 0 Å². The third kappa shape index (κ3) is 2.65.